The van der Waals surface area contributed by atoms with E-state index in [0.717, 1.165) is 30.4 Å². The Hall–Kier alpha value is -1.83. The fraction of sp³-hybridized carbons (Fsp3) is 0.667. The lowest BCUT2D eigenvalue weighted by Gasteiger charge is -2.20. The molecular weight excluding hydrogens is 250 g/mol. The van der Waals surface area contributed by atoms with Crippen molar-refractivity contribution in [1.29, 1.82) is 5.26 Å². The SMILES string of the molecule is CCCNc1cc(N(C)CC(C)C#N)nc(C2CC2)n1. The summed E-state index contributed by atoms with van der Waals surface area (Å²) in [6.45, 7) is 5.66. The Morgan fingerprint density at radius 3 is 2.85 bits per heavy atom. The number of nitrogens with zero attached hydrogens (tertiary/aromatic N) is 4. The van der Waals surface area contributed by atoms with Gasteiger partial charge in [0, 0.05) is 32.1 Å². The zero-order valence-corrected chi connectivity index (χ0v) is 12.6. The van der Waals surface area contributed by atoms with Crippen LogP contribution in [0.1, 0.15) is 44.9 Å². The molecule has 0 aliphatic heterocycles. The molecule has 1 aromatic rings. The average molecular weight is 273 g/mol. The number of hydrogen-bond acceptors (Lipinski definition) is 5. The summed E-state index contributed by atoms with van der Waals surface area (Å²) in [6.07, 6.45) is 3.45. The van der Waals surface area contributed by atoms with Crippen molar-refractivity contribution in [2.45, 2.75) is 39.0 Å². The fourth-order valence-corrected chi connectivity index (χ4v) is 2.06. The molecule has 1 unspecified atom stereocenters. The highest BCUT2D eigenvalue weighted by atomic mass is 15.2. The molecule has 0 saturated heterocycles. The van der Waals surface area contributed by atoms with E-state index >= 15 is 0 Å². The topological polar surface area (TPSA) is 64.8 Å². The molecule has 20 heavy (non-hydrogen) atoms. The number of nitriles is 1. The van der Waals surface area contributed by atoms with E-state index < -0.39 is 0 Å². The van der Waals surface area contributed by atoms with Gasteiger partial charge in [-0.25, -0.2) is 9.97 Å². The van der Waals surface area contributed by atoms with Crippen LogP contribution >= 0.6 is 0 Å². The van der Waals surface area contributed by atoms with E-state index in [0.29, 0.717) is 12.5 Å². The van der Waals surface area contributed by atoms with Gasteiger partial charge in [0.1, 0.15) is 17.5 Å². The van der Waals surface area contributed by atoms with Gasteiger partial charge in [-0.05, 0) is 26.2 Å². The van der Waals surface area contributed by atoms with Gasteiger partial charge in [0.15, 0.2) is 0 Å². The van der Waals surface area contributed by atoms with Crippen LogP contribution in [-0.2, 0) is 0 Å². The second kappa shape index (κ2) is 6.56. The molecule has 5 heteroatoms. The molecule has 1 N–H and O–H groups in total. The Bertz CT molecular complexity index is 490. The number of nitrogens with one attached hydrogen (secondary N) is 1. The Morgan fingerprint density at radius 1 is 1.50 bits per heavy atom. The second-order valence-corrected chi connectivity index (χ2v) is 5.58. The van der Waals surface area contributed by atoms with Gasteiger partial charge in [-0.1, -0.05) is 6.92 Å². The van der Waals surface area contributed by atoms with E-state index in [-0.39, 0.29) is 5.92 Å². The van der Waals surface area contributed by atoms with Gasteiger partial charge < -0.3 is 10.2 Å². The third-order valence-corrected chi connectivity index (χ3v) is 3.39. The average Bonchev–Trinajstić information content (AvgIpc) is 3.29. The van der Waals surface area contributed by atoms with Crippen molar-refractivity contribution in [3.8, 4) is 6.07 Å². The molecule has 0 radical (unpaired) electrons. The molecule has 5 nitrogen and oxygen atoms in total. The first-order valence-electron chi connectivity index (χ1n) is 7.37. The van der Waals surface area contributed by atoms with Gasteiger partial charge in [-0.3, -0.25) is 0 Å². The van der Waals surface area contributed by atoms with Crippen molar-refractivity contribution in [3.63, 3.8) is 0 Å². The highest BCUT2D eigenvalue weighted by Gasteiger charge is 2.27. The maximum atomic E-state index is 8.93. The number of anilines is 2. The first-order chi connectivity index (χ1) is 9.63. The van der Waals surface area contributed by atoms with Crippen LogP contribution < -0.4 is 10.2 Å². The molecule has 1 atom stereocenters. The monoisotopic (exact) mass is 273 g/mol. The minimum Gasteiger partial charge on any atom is -0.370 e. The van der Waals surface area contributed by atoms with Crippen LogP contribution in [-0.4, -0.2) is 30.1 Å². The van der Waals surface area contributed by atoms with Gasteiger partial charge in [0.2, 0.25) is 0 Å². The molecule has 0 spiro atoms. The Kier molecular flexibility index (Phi) is 4.78. The molecule has 0 amide bonds. The van der Waals surface area contributed by atoms with Crippen molar-refractivity contribution in [2.75, 3.05) is 30.4 Å². The van der Waals surface area contributed by atoms with E-state index in [2.05, 4.69) is 28.3 Å². The minimum atomic E-state index is -0.00797. The first-order valence-corrected chi connectivity index (χ1v) is 7.37. The van der Waals surface area contributed by atoms with Gasteiger partial charge in [0.25, 0.3) is 0 Å². The van der Waals surface area contributed by atoms with Crippen molar-refractivity contribution < 1.29 is 0 Å². The first kappa shape index (κ1) is 14.6. The molecule has 1 fully saturated rings. The Morgan fingerprint density at radius 2 is 2.25 bits per heavy atom. The molecule has 108 valence electrons. The lowest BCUT2D eigenvalue weighted by Crippen LogP contribution is -2.25. The molecule has 1 aliphatic rings. The molecule has 1 heterocycles. The fourth-order valence-electron chi connectivity index (χ4n) is 2.06. The third-order valence-electron chi connectivity index (χ3n) is 3.39. The molecule has 2 rings (SSSR count). The standard InChI is InChI=1S/C15H23N5/c1-4-7-17-13-8-14(20(3)10-11(2)9-16)19-15(18-13)12-5-6-12/h8,11-12H,4-7,10H2,1-3H3,(H,17,18,19). The highest BCUT2D eigenvalue weighted by Crippen LogP contribution is 2.39. The summed E-state index contributed by atoms with van der Waals surface area (Å²) >= 11 is 0. The van der Waals surface area contributed by atoms with Crippen LogP contribution in [0.4, 0.5) is 11.6 Å². The zero-order valence-electron chi connectivity index (χ0n) is 12.6. The van der Waals surface area contributed by atoms with Crippen LogP contribution in [0.5, 0.6) is 0 Å². The molecular formula is C15H23N5. The minimum absolute atomic E-state index is 0.00797. The van der Waals surface area contributed by atoms with Crippen molar-refractivity contribution in [2.24, 2.45) is 5.92 Å². The van der Waals surface area contributed by atoms with Crippen molar-refractivity contribution >= 4 is 11.6 Å². The molecule has 0 bridgehead atoms. The largest absolute Gasteiger partial charge is 0.370 e. The van der Waals surface area contributed by atoms with Crippen LogP contribution in [0.25, 0.3) is 0 Å². The summed E-state index contributed by atoms with van der Waals surface area (Å²) in [5.41, 5.74) is 0. The quantitative estimate of drug-likeness (QED) is 0.827. The molecule has 1 aromatic heterocycles. The van der Waals surface area contributed by atoms with E-state index in [4.69, 9.17) is 5.26 Å². The van der Waals surface area contributed by atoms with E-state index in [1.54, 1.807) is 0 Å². The maximum Gasteiger partial charge on any atom is 0.136 e. The molecule has 0 aromatic carbocycles. The summed E-state index contributed by atoms with van der Waals surface area (Å²) < 4.78 is 0. The summed E-state index contributed by atoms with van der Waals surface area (Å²) in [4.78, 5) is 11.3. The molecule has 1 aliphatic carbocycles. The van der Waals surface area contributed by atoms with E-state index in [1.807, 2.05) is 24.9 Å². The van der Waals surface area contributed by atoms with Gasteiger partial charge >= 0.3 is 0 Å². The van der Waals surface area contributed by atoms with Crippen LogP contribution in [0.15, 0.2) is 6.07 Å². The smallest absolute Gasteiger partial charge is 0.136 e. The summed E-state index contributed by atoms with van der Waals surface area (Å²) in [7, 11) is 1.98. The summed E-state index contributed by atoms with van der Waals surface area (Å²) in [6, 6.07) is 4.24. The van der Waals surface area contributed by atoms with Gasteiger partial charge in [-0.2, -0.15) is 5.26 Å². The molecule has 1 saturated carbocycles. The van der Waals surface area contributed by atoms with E-state index in [9.17, 15) is 0 Å². The lowest BCUT2D eigenvalue weighted by molar-refractivity contribution is 0.706. The summed E-state index contributed by atoms with van der Waals surface area (Å²) in [5.74, 6) is 3.26. The van der Waals surface area contributed by atoms with Gasteiger partial charge in [0.05, 0.1) is 12.0 Å². The predicted octanol–water partition coefficient (Wildman–Crippen LogP) is 2.77. The van der Waals surface area contributed by atoms with Crippen LogP contribution in [0, 0.1) is 17.2 Å². The van der Waals surface area contributed by atoms with Gasteiger partial charge in [-0.15, -0.1) is 0 Å². The number of rotatable bonds is 7. The maximum absolute atomic E-state index is 8.93. The zero-order chi connectivity index (χ0) is 14.5. The Balaban J connectivity index is 2.17. The Labute approximate surface area is 121 Å². The summed E-state index contributed by atoms with van der Waals surface area (Å²) in [5, 5.41) is 12.3. The normalized spacial score (nSPS) is 15.5. The van der Waals surface area contributed by atoms with Crippen LogP contribution in [0.3, 0.4) is 0 Å². The number of aromatic nitrogens is 2. The number of hydrogen-bond donors (Lipinski definition) is 1. The highest BCUT2D eigenvalue weighted by molar-refractivity contribution is 5.49. The predicted molar refractivity (Wildman–Crippen MR) is 80.8 cm³/mol. The van der Waals surface area contributed by atoms with E-state index in [1.165, 1.54) is 12.8 Å². The van der Waals surface area contributed by atoms with Crippen molar-refractivity contribution in [3.05, 3.63) is 11.9 Å². The second-order valence-electron chi connectivity index (χ2n) is 5.58. The van der Waals surface area contributed by atoms with Crippen molar-refractivity contribution in [1.82, 2.24) is 9.97 Å². The van der Waals surface area contributed by atoms with Crippen LogP contribution in [0.2, 0.25) is 0 Å². The lowest BCUT2D eigenvalue weighted by atomic mass is 10.2. The third kappa shape index (κ3) is 3.83.